The van der Waals surface area contributed by atoms with Gasteiger partial charge in [-0.25, -0.2) is 4.98 Å². The molecule has 0 unspecified atom stereocenters. The van der Waals surface area contributed by atoms with Gasteiger partial charge in [0.1, 0.15) is 5.82 Å². The molecule has 1 aromatic carbocycles. The number of rotatable bonds is 4. The summed E-state index contributed by atoms with van der Waals surface area (Å²) in [5.41, 5.74) is 0.702. The van der Waals surface area contributed by atoms with Crippen molar-refractivity contribution in [1.82, 2.24) is 4.98 Å². The van der Waals surface area contributed by atoms with Gasteiger partial charge in [-0.1, -0.05) is 6.07 Å². The van der Waals surface area contributed by atoms with Crippen LogP contribution in [0.15, 0.2) is 36.4 Å². The molecule has 0 aliphatic rings. The van der Waals surface area contributed by atoms with Crippen LogP contribution < -0.4 is 10.6 Å². The van der Waals surface area contributed by atoms with Crippen LogP contribution in [0.25, 0.3) is 0 Å². The first-order valence-corrected chi connectivity index (χ1v) is 6.54. The Bertz CT molecular complexity index is 618. The molecule has 19 heavy (non-hydrogen) atoms. The molecule has 0 atom stereocenters. The van der Waals surface area contributed by atoms with E-state index >= 15 is 0 Å². The molecule has 0 aliphatic heterocycles. The topological polar surface area (TPSA) is 80.1 Å². The van der Waals surface area contributed by atoms with Crippen LogP contribution >= 0.6 is 22.6 Å². The third-order valence-corrected chi connectivity index (χ3v) is 3.09. The first-order chi connectivity index (χ1) is 9.10. The fraction of sp³-hybridized carbons (Fsp3) is 0.0833. The predicted molar refractivity (Wildman–Crippen MR) is 82.9 cm³/mol. The Kier molecular flexibility index (Phi) is 4.15. The number of nitro groups is 1. The third kappa shape index (κ3) is 3.31. The molecule has 0 radical (unpaired) electrons. The first-order valence-electron chi connectivity index (χ1n) is 5.46. The maximum absolute atomic E-state index is 11.0. The largest absolute Gasteiger partial charge is 0.373 e. The number of benzene rings is 1. The summed E-state index contributed by atoms with van der Waals surface area (Å²) in [6, 6.07) is 10.5. The quantitative estimate of drug-likeness (QED) is 0.490. The van der Waals surface area contributed by atoms with E-state index in [1.54, 1.807) is 13.1 Å². The van der Waals surface area contributed by atoms with Crippen LogP contribution in [0.3, 0.4) is 0 Å². The van der Waals surface area contributed by atoms with Crippen molar-refractivity contribution >= 4 is 45.6 Å². The Morgan fingerprint density at radius 3 is 2.74 bits per heavy atom. The van der Waals surface area contributed by atoms with Crippen LogP contribution in [0, 0.1) is 13.7 Å². The van der Waals surface area contributed by atoms with Gasteiger partial charge in [-0.3, -0.25) is 10.1 Å². The van der Waals surface area contributed by atoms with Crippen molar-refractivity contribution in [2.24, 2.45) is 0 Å². The normalized spacial score (nSPS) is 10.0. The van der Waals surface area contributed by atoms with E-state index in [-0.39, 0.29) is 11.5 Å². The van der Waals surface area contributed by atoms with Gasteiger partial charge in [0.25, 0.3) is 0 Å². The molecule has 0 aliphatic carbocycles. The SMILES string of the molecule is CNc1ccc([N+](=O)[O-])c(Nc2cccc(I)c2)n1. The van der Waals surface area contributed by atoms with E-state index in [4.69, 9.17) is 0 Å². The number of anilines is 3. The van der Waals surface area contributed by atoms with E-state index in [9.17, 15) is 10.1 Å². The lowest BCUT2D eigenvalue weighted by Crippen LogP contribution is -2.02. The van der Waals surface area contributed by atoms with E-state index < -0.39 is 4.92 Å². The van der Waals surface area contributed by atoms with E-state index in [1.807, 2.05) is 24.3 Å². The Balaban J connectivity index is 2.39. The smallest absolute Gasteiger partial charge is 0.311 e. The van der Waals surface area contributed by atoms with Crippen LogP contribution in [0.4, 0.5) is 23.0 Å². The maximum Gasteiger partial charge on any atom is 0.311 e. The third-order valence-electron chi connectivity index (χ3n) is 2.41. The molecule has 0 saturated heterocycles. The molecular formula is C12H11IN4O2. The molecule has 0 saturated carbocycles. The number of hydrogen-bond acceptors (Lipinski definition) is 5. The monoisotopic (exact) mass is 370 g/mol. The average Bonchev–Trinajstić information content (AvgIpc) is 2.38. The lowest BCUT2D eigenvalue weighted by molar-refractivity contribution is -0.384. The Morgan fingerprint density at radius 1 is 1.32 bits per heavy atom. The molecule has 0 bridgehead atoms. The zero-order valence-corrected chi connectivity index (χ0v) is 12.2. The van der Waals surface area contributed by atoms with E-state index in [2.05, 4.69) is 38.2 Å². The van der Waals surface area contributed by atoms with E-state index in [0.717, 1.165) is 9.26 Å². The molecule has 2 rings (SSSR count). The molecule has 1 heterocycles. The summed E-state index contributed by atoms with van der Waals surface area (Å²) >= 11 is 2.18. The van der Waals surface area contributed by atoms with Gasteiger partial charge in [-0.05, 0) is 46.9 Å². The van der Waals surface area contributed by atoms with Gasteiger partial charge in [0.15, 0.2) is 0 Å². The summed E-state index contributed by atoms with van der Waals surface area (Å²) in [6.45, 7) is 0. The van der Waals surface area contributed by atoms with Crippen LogP contribution in [0.5, 0.6) is 0 Å². The zero-order chi connectivity index (χ0) is 13.8. The number of aromatic nitrogens is 1. The minimum absolute atomic E-state index is 0.0575. The first kappa shape index (κ1) is 13.5. The second-order valence-corrected chi connectivity index (χ2v) is 4.95. The zero-order valence-electron chi connectivity index (χ0n) is 10.1. The lowest BCUT2D eigenvalue weighted by Gasteiger charge is -2.08. The van der Waals surface area contributed by atoms with Crippen molar-refractivity contribution in [3.63, 3.8) is 0 Å². The molecular weight excluding hydrogens is 359 g/mol. The Labute approximate surface area is 123 Å². The van der Waals surface area contributed by atoms with Gasteiger partial charge >= 0.3 is 5.69 Å². The highest BCUT2D eigenvalue weighted by Gasteiger charge is 2.16. The number of hydrogen-bond donors (Lipinski definition) is 2. The fourth-order valence-corrected chi connectivity index (χ4v) is 2.08. The summed E-state index contributed by atoms with van der Waals surface area (Å²) in [6.07, 6.45) is 0. The van der Waals surface area contributed by atoms with Gasteiger partial charge in [0.2, 0.25) is 5.82 Å². The summed E-state index contributed by atoms with van der Waals surface area (Å²) in [7, 11) is 1.71. The average molecular weight is 370 g/mol. The number of pyridine rings is 1. The predicted octanol–water partition coefficient (Wildman–Crippen LogP) is 3.38. The number of nitrogens with one attached hydrogen (secondary N) is 2. The van der Waals surface area contributed by atoms with Gasteiger partial charge in [0.05, 0.1) is 4.92 Å². The minimum Gasteiger partial charge on any atom is -0.373 e. The summed E-state index contributed by atoms with van der Waals surface area (Å²) in [5, 5.41) is 16.8. The highest BCUT2D eigenvalue weighted by atomic mass is 127. The molecule has 2 N–H and O–H groups in total. The molecule has 0 fully saturated rings. The highest BCUT2D eigenvalue weighted by molar-refractivity contribution is 14.1. The minimum atomic E-state index is -0.456. The standard InChI is InChI=1S/C12H11IN4O2/c1-14-11-6-5-10(17(18)19)12(16-11)15-9-4-2-3-8(13)7-9/h2-7H,1H3,(H2,14,15,16). The summed E-state index contributed by atoms with van der Waals surface area (Å²) < 4.78 is 1.04. The highest BCUT2D eigenvalue weighted by Crippen LogP contribution is 2.27. The number of nitrogens with zero attached hydrogens (tertiary/aromatic N) is 2. The lowest BCUT2D eigenvalue weighted by atomic mass is 10.3. The Hall–Kier alpha value is -1.90. The van der Waals surface area contributed by atoms with Crippen molar-refractivity contribution in [3.8, 4) is 0 Å². The summed E-state index contributed by atoms with van der Waals surface area (Å²) in [5.74, 6) is 0.789. The van der Waals surface area contributed by atoms with Crippen LogP contribution in [-0.2, 0) is 0 Å². The molecule has 7 heteroatoms. The molecule has 0 spiro atoms. The van der Waals surface area contributed by atoms with Gasteiger partial charge < -0.3 is 10.6 Å². The van der Waals surface area contributed by atoms with E-state index in [1.165, 1.54) is 6.07 Å². The van der Waals surface area contributed by atoms with Crippen molar-refractivity contribution in [2.45, 2.75) is 0 Å². The molecule has 6 nitrogen and oxygen atoms in total. The van der Waals surface area contributed by atoms with Crippen LogP contribution in [0.2, 0.25) is 0 Å². The maximum atomic E-state index is 11.0. The molecule has 98 valence electrons. The number of halogens is 1. The molecule has 0 amide bonds. The Morgan fingerprint density at radius 2 is 2.11 bits per heavy atom. The van der Waals surface area contributed by atoms with Gasteiger partial charge in [0, 0.05) is 22.4 Å². The van der Waals surface area contributed by atoms with Crippen LogP contribution in [-0.4, -0.2) is 17.0 Å². The van der Waals surface area contributed by atoms with Crippen molar-refractivity contribution in [1.29, 1.82) is 0 Å². The second-order valence-electron chi connectivity index (χ2n) is 3.71. The molecule has 2 aromatic rings. The van der Waals surface area contributed by atoms with E-state index in [0.29, 0.717) is 5.82 Å². The van der Waals surface area contributed by atoms with Crippen molar-refractivity contribution in [2.75, 3.05) is 17.7 Å². The van der Waals surface area contributed by atoms with Gasteiger partial charge in [-0.15, -0.1) is 0 Å². The van der Waals surface area contributed by atoms with Crippen molar-refractivity contribution in [3.05, 3.63) is 50.1 Å². The second kappa shape index (κ2) is 5.83. The fourth-order valence-electron chi connectivity index (χ4n) is 1.53. The van der Waals surface area contributed by atoms with Crippen LogP contribution in [0.1, 0.15) is 0 Å². The van der Waals surface area contributed by atoms with Gasteiger partial charge in [-0.2, -0.15) is 0 Å². The summed E-state index contributed by atoms with van der Waals surface area (Å²) in [4.78, 5) is 14.7. The van der Waals surface area contributed by atoms with Crippen molar-refractivity contribution < 1.29 is 4.92 Å². The molecule has 1 aromatic heterocycles.